The topological polar surface area (TPSA) is 26.0 Å². The Morgan fingerprint density at radius 1 is 1.50 bits per heavy atom. The van der Waals surface area contributed by atoms with Crippen LogP contribution >= 0.6 is 0 Å². The van der Waals surface area contributed by atoms with Gasteiger partial charge in [0.25, 0.3) is 0 Å². The highest BCUT2D eigenvalue weighted by atomic mass is 16.5. The maximum atomic E-state index is 5.18. The molecule has 0 spiro atoms. The third-order valence-corrected chi connectivity index (χ3v) is 2.64. The maximum Gasteiger partial charge on any atom is 0.137 e. The van der Waals surface area contributed by atoms with E-state index in [1.165, 1.54) is 25.7 Å². The van der Waals surface area contributed by atoms with Crippen LogP contribution in [-0.4, -0.2) is 5.16 Å². The van der Waals surface area contributed by atoms with Crippen molar-refractivity contribution in [3.05, 3.63) is 17.5 Å². The maximum absolute atomic E-state index is 5.18. The minimum Gasteiger partial charge on any atom is -0.361 e. The van der Waals surface area contributed by atoms with Crippen LogP contribution in [0.5, 0.6) is 0 Å². The first-order valence-electron chi connectivity index (χ1n) is 4.77. The minimum atomic E-state index is 0.859. The average molecular weight is 165 g/mol. The highest BCUT2D eigenvalue weighted by Gasteiger charge is 2.17. The summed E-state index contributed by atoms with van der Waals surface area (Å²) in [5.41, 5.74) is 1.00. The summed E-state index contributed by atoms with van der Waals surface area (Å²) in [4.78, 5) is 0. The van der Waals surface area contributed by atoms with Gasteiger partial charge in [0, 0.05) is 12.5 Å². The Balaban J connectivity index is 1.94. The second-order valence-electron chi connectivity index (χ2n) is 3.79. The van der Waals surface area contributed by atoms with E-state index in [2.05, 4.69) is 11.2 Å². The van der Waals surface area contributed by atoms with E-state index < -0.39 is 0 Å². The molecule has 0 N–H and O–H groups in total. The molecule has 0 saturated heterocycles. The zero-order valence-electron chi connectivity index (χ0n) is 7.55. The first-order chi connectivity index (χ1) is 5.84. The van der Waals surface area contributed by atoms with Gasteiger partial charge in [-0.15, -0.1) is 0 Å². The summed E-state index contributed by atoms with van der Waals surface area (Å²) in [7, 11) is 0. The third kappa shape index (κ3) is 1.68. The van der Waals surface area contributed by atoms with Crippen LogP contribution in [0.2, 0.25) is 0 Å². The molecule has 1 aromatic rings. The zero-order chi connectivity index (χ0) is 8.39. The molecule has 0 bridgehead atoms. The molecule has 1 aliphatic carbocycles. The van der Waals surface area contributed by atoms with E-state index in [-0.39, 0.29) is 0 Å². The van der Waals surface area contributed by atoms with Crippen molar-refractivity contribution < 1.29 is 4.52 Å². The number of nitrogens with zero attached hydrogens (tertiary/aromatic N) is 1. The Labute approximate surface area is 72.9 Å². The fourth-order valence-corrected chi connectivity index (χ4v) is 2.01. The van der Waals surface area contributed by atoms with Gasteiger partial charge in [-0.25, -0.2) is 0 Å². The number of aromatic nitrogens is 1. The Kier molecular flexibility index (Phi) is 2.15. The molecule has 0 amide bonds. The standard InChI is InChI=1S/C10H15NO/c1-8-6-10(12-11-8)7-9-4-2-3-5-9/h6,9H,2-5,7H2,1H3. The van der Waals surface area contributed by atoms with Crippen molar-refractivity contribution in [3.63, 3.8) is 0 Å². The molecule has 0 unspecified atom stereocenters. The van der Waals surface area contributed by atoms with Gasteiger partial charge in [0.1, 0.15) is 5.76 Å². The molecular weight excluding hydrogens is 150 g/mol. The third-order valence-electron chi connectivity index (χ3n) is 2.64. The van der Waals surface area contributed by atoms with Crippen molar-refractivity contribution in [2.24, 2.45) is 5.92 Å². The Hall–Kier alpha value is -0.790. The fourth-order valence-electron chi connectivity index (χ4n) is 2.01. The molecule has 0 radical (unpaired) electrons. The van der Waals surface area contributed by atoms with Crippen molar-refractivity contribution >= 4 is 0 Å². The normalized spacial score (nSPS) is 18.8. The van der Waals surface area contributed by atoms with Crippen molar-refractivity contribution in [2.75, 3.05) is 0 Å². The molecule has 66 valence electrons. The summed E-state index contributed by atoms with van der Waals surface area (Å²) in [6.45, 7) is 1.97. The van der Waals surface area contributed by atoms with Crippen LogP contribution in [0.1, 0.15) is 37.1 Å². The Morgan fingerprint density at radius 3 is 2.83 bits per heavy atom. The minimum absolute atomic E-state index is 0.859. The van der Waals surface area contributed by atoms with Gasteiger partial charge in [0.2, 0.25) is 0 Å². The van der Waals surface area contributed by atoms with Gasteiger partial charge in [-0.1, -0.05) is 30.8 Å². The smallest absolute Gasteiger partial charge is 0.137 e. The molecular formula is C10H15NO. The summed E-state index contributed by atoms with van der Waals surface area (Å²) in [6.07, 6.45) is 6.65. The molecule has 0 aliphatic heterocycles. The second kappa shape index (κ2) is 3.30. The van der Waals surface area contributed by atoms with Crippen molar-refractivity contribution in [1.82, 2.24) is 5.16 Å². The van der Waals surface area contributed by atoms with E-state index in [1.54, 1.807) is 0 Å². The van der Waals surface area contributed by atoms with Crippen molar-refractivity contribution in [2.45, 2.75) is 39.0 Å². The van der Waals surface area contributed by atoms with E-state index in [0.717, 1.165) is 23.8 Å². The van der Waals surface area contributed by atoms with Crippen molar-refractivity contribution in [3.8, 4) is 0 Å². The summed E-state index contributed by atoms with van der Waals surface area (Å²) < 4.78 is 5.18. The van der Waals surface area contributed by atoms with Crippen LogP contribution < -0.4 is 0 Å². The summed E-state index contributed by atoms with van der Waals surface area (Å²) in [5.74, 6) is 1.93. The van der Waals surface area contributed by atoms with E-state index in [9.17, 15) is 0 Å². The molecule has 1 saturated carbocycles. The van der Waals surface area contributed by atoms with Crippen molar-refractivity contribution in [1.29, 1.82) is 0 Å². The molecule has 12 heavy (non-hydrogen) atoms. The SMILES string of the molecule is Cc1cc(CC2CCCC2)on1. The lowest BCUT2D eigenvalue weighted by Crippen LogP contribution is -1.96. The van der Waals surface area contributed by atoms with Gasteiger partial charge in [-0.2, -0.15) is 0 Å². The van der Waals surface area contributed by atoms with Gasteiger partial charge in [0.05, 0.1) is 5.69 Å². The van der Waals surface area contributed by atoms with Gasteiger partial charge in [-0.3, -0.25) is 0 Å². The highest BCUT2D eigenvalue weighted by Crippen LogP contribution is 2.27. The molecule has 1 aromatic heterocycles. The zero-order valence-corrected chi connectivity index (χ0v) is 7.55. The van der Waals surface area contributed by atoms with E-state index in [0.29, 0.717) is 0 Å². The van der Waals surface area contributed by atoms with Crippen LogP contribution in [0.15, 0.2) is 10.6 Å². The first-order valence-corrected chi connectivity index (χ1v) is 4.77. The number of aryl methyl sites for hydroxylation is 1. The second-order valence-corrected chi connectivity index (χ2v) is 3.79. The molecule has 2 heteroatoms. The lowest BCUT2D eigenvalue weighted by Gasteiger charge is -2.03. The predicted octanol–water partition coefficient (Wildman–Crippen LogP) is 2.72. The summed E-state index contributed by atoms with van der Waals surface area (Å²) in [5, 5.41) is 3.88. The lowest BCUT2D eigenvalue weighted by atomic mass is 10.0. The number of rotatable bonds is 2. The largest absolute Gasteiger partial charge is 0.361 e. The first kappa shape index (κ1) is 7.84. The molecule has 0 aromatic carbocycles. The van der Waals surface area contributed by atoms with Gasteiger partial charge in [0.15, 0.2) is 0 Å². The molecule has 1 aliphatic rings. The van der Waals surface area contributed by atoms with E-state index >= 15 is 0 Å². The fraction of sp³-hybridized carbons (Fsp3) is 0.700. The molecule has 1 heterocycles. The van der Waals surface area contributed by atoms with Crippen LogP contribution in [-0.2, 0) is 6.42 Å². The van der Waals surface area contributed by atoms with Crippen LogP contribution in [0.25, 0.3) is 0 Å². The van der Waals surface area contributed by atoms with Gasteiger partial charge < -0.3 is 4.52 Å². The van der Waals surface area contributed by atoms with Gasteiger partial charge >= 0.3 is 0 Å². The Bertz CT molecular complexity index is 248. The Morgan fingerprint density at radius 2 is 2.25 bits per heavy atom. The molecule has 2 rings (SSSR count). The van der Waals surface area contributed by atoms with Crippen LogP contribution in [0.4, 0.5) is 0 Å². The molecule has 2 nitrogen and oxygen atoms in total. The van der Waals surface area contributed by atoms with Crippen LogP contribution in [0, 0.1) is 12.8 Å². The van der Waals surface area contributed by atoms with Gasteiger partial charge in [-0.05, 0) is 12.8 Å². The van der Waals surface area contributed by atoms with E-state index in [4.69, 9.17) is 4.52 Å². The van der Waals surface area contributed by atoms with Crippen LogP contribution in [0.3, 0.4) is 0 Å². The summed E-state index contributed by atoms with van der Waals surface area (Å²) >= 11 is 0. The molecule has 0 atom stereocenters. The molecule has 1 fully saturated rings. The number of hydrogen-bond acceptors (Lipinski definition) is 2. The van der Waals surface area contributed by atoms with E-state index in [1.807, 2.05) is 6.92 Å². The monoisotopic (exact) mass is 165 g/mol. The summed E-state index contributed by atoms with van der Waals surface area (Å²) in [6, 6.07) is 2.05. The predicted molar refractivity (Wildman–Crippen MR) is 46.9 cm³/mol. The lowest BCUT2D eigenvalue weighted by molar-refractivity contribution is 0.356. The average Bonchev–Trinajstić information content (AvgIpc) is 2.63. The quantitative estimate of drug-likeness (QED) is 0.673. The highest BCUT2D eigenvalue weighted by molar-refractivity contribution is 5.04. The number of hydrogen-bond donors (Lipinski definition) is 0.